The number of rotatable bonds is 6. The Hall–Kier alpha value is -8.16. The van der Waals surface area contributed by atoms with Gasteiger partial charge in [0, 0.05) is 42.5 Å². The molecule has 4 aliphatic rings. The zero-order valence-electron chi connectivity index (χ0n) is 38.4. The number of halogens is 1. The standard InChI is InChI=1S/C26H22N4O3.C19H18BrN3O3.C7H6BNO2/c1-28-19-8-4-6-16(12-19)17-10-11-22-21(14-17)26(24(31)30(2)25(27)29-26)15-23(33-22)18-7-5-9-20(13-18)32-3;1-23-17(24)19(22-18(23)21)10-16(11-4-3-5-13(8-11)25-2)26-15-7-6-12(20)9-14(15)19;1-9-7-4-2-3-6(5-7)8(10)11/h4-14,23H,15H2,2-3H3,(H2,27,29);3-9,16H,10H2,1-2H3,(H2,21,22);2-5,10-11H. The Kier molecular flexibility index (Phi) is 13.7. The van der Waals surface area contributed by atoms with Crippen molar-refractivity contribution in [1.29, 1.82) is 0 Å². The molecule has 6 aromatic rings. The first-order chi connectivity index (χ1) is 33.6. The molecule has 0 saturated carbocycles. The molecule has 4 aliphatic heterocycles. The van der Waals surface area contributed by atoms with Gasteiger partial charge in [-0.15, -0.1) is 0 Å². The average molecular weight is 1000 g/mol. The predicted octanol–water partition coefficient (Wildman–Crippen LogP) is 7.30. The predicted molar refractivity (Wildman–Crippen MR) is 269 cm³/mol. The van der Waals surface area contributed by atoms with Crippen molar-refractivity contribution in [1.82, 2.24) is 9.80 Å². The van der Waals surface area contributed by atoms with E-state index in [9.17, 15) is 9.59 Å². The highest BCUT2D eigenvalue weighted by atomic mass is 79.9. The molecule has 0 bridgehead atoms. The Morgan fingerprint density at radius 1 is 0.657 bits per heavy atom. The van der Waals surface area contributed by atoms with E-state index in [2.05, 4.69) is 35.6 Å². The first-order valence-corrected chi connectivity index (χ1v) is 22.6. The van der Waals surface area contributed by atoms with E-state index < -0.39 is 24.3 Å². The zero-order valence-corrected chi connectivity index (χ0v) is 40.0. The summed E-state index contributed by atoms with van der Waals surface area (Å²) in [6.45, 7) is 13.9. The number of amides is 2. The molecular weight excluding hydrogens is 955 g/mol. The molecule has 0 saturated heterocycles. The zero-order chi connectivity index (χ0) is 49.9. The Bertz CT molecular complexity index is 3170. The van der Waals surface area contributed by atoms with Crippen molar-refractivity contribution in [3.05, 3.63) is 183 Å². The summed E-state index contributed by atoms with van der Waals surface area (Å²) in [5.41, 5.74) is 16.1. The summed E-state index contributed by atoms with van der Waals surface area (Å²) in [4.78, 5) is 45.3. The van der Waals surface area contributed by atoms with Crippen LogP contribution in [0.4, 0.5) is 11.4 Å². The molecular formula is C52H46BBrN8O8. The summed E-state index contributed by atoms with van der Waals surface area (Å²) >= 11 is 3.47. The van der Waals surface area contributed by atoms with Gasteiger partial charge in [-0.25, -0.2) is 19.7 Å². The van der Waals surface area contributed by atoms with Gasteiger partial charge in [0.25, 0.3) is 11.8 Å². The molecule has 4 unspecified atom stereocenters. The van der Waals surface area contributed by atoms with Crippen LogP contribution in [0.5, 0.6) is 23.0 Å². The van der Waals surface area contributed by atoms with Crippen molar-refractivity contribution < 1.29 is 38.6 Å². The molecule has 352 valence electrons. The second-order valence-corrected chi connectivity index (χ2v) is 17.6. The lowest BCUT2D eigenvalue weighted by molar-refractivity contribution is -0.133. The summed E-state index contributed by atoms with van der Waals surface area (Å²) in [6.07, 6.45) is -0.0718. The number of aliphatic imine (C=N–C) groups is 2. The molecule has 0 aliphatic carbocycles. The van der Waals surface area contributed by atoms with Gasteiger partial charge in [-0.1, -0.05) is 88.7 Å². The molecule has 16 nitrogen and oxygen atoms in total. The molecule has 0 aromatic heterocycles. The van der Waals surface area contributed by atoms with Crippen LogP contribution in [0.3, 0.4) is 0 Å². The minimum atomic E-state index is -1.49. The third kappa shape index (κ3) is 9.23. The number of fused-ring (bicyclic) bond motifs is 4. The van der Waals surface area contributed by atoms with E-state index in [0.29, 0.717) is 52.5 Å². The van der Waals surface area contributed by atoms with Crippen molar-refractivity contribution in [3.8, 4) is 34.1 Å². The van der Waals surface area contributed by atoms with E-state index >= 15 is 0 Å². The molecule has 10 rings (SSSR count). The van der Waals surface area contributed by atoms with Crippen LogP contribution >= 0.6 is 15.9 Å². The summed E-state index contributed by atoms with van der Waals surface area (Å²) in [7, 11) is 5.02. The maximum Gasteiger partial charge on any atom is 0.487 e. The van der Waals surface area contributed by atoms with Gasteiger partial charge >= 0.3 is 7.12 Å². The lowest BCUT2D eigenvalue weighted by Gasteiger charge is -2.37. The first kappa shape index (κ1) is 48.3. The average Bonchev–Trinajstić information content (AvgIpc) is 3.74. The fourth-order valence-corrected chi connectivity index (χ4v) is 9.15. The van der Waals surface area contributed by atoms with E-state index in [-0.39, 0.29) is 29.8 Å². The number of nitrogens with two attached hydrogens (primary N) is 2. The Labute approximate surface area is 413 Å². The number of carbonyl (C=O) groups is 2. The summed E-state index contributed by atoms with van der Waals surface area (Å²) < 4.78 is 24.1. The van der Waals surface area contributed by atoms with Gasteiger partial charge < -0.3 is 40.5 Å². The second kappa shape index (κ2) is 19.8. The molecule has 0 radical (unpaired) electrons. The minimum Gasteiger partial charge on any atom is -0.497 e. The van der Waals surface area contributed by atoms with Crippen LogP contribution in [0, 0.1) is 13.1 Å². The van der Waals surface area contributed by atoms with Crippen LogP contribution in [0.1, 0.15) is 47.3 Å². The van der Waals surface area contributed by atoms with Gasteiger partial charge in [0.15, 0.2) is 34.4 Å². The van der Waals surface area contributed by atoms with Crippen LogP contribution in [0.25, 0.3) is 20.8 Å². The number of carbonyl (C=O) groups excluding carboxylic acids is 2. The number of hydrogen-bond donors (Lipinski definition) is 4. The Balaban J connectivity index is 0.000000158. The van der Waals surface area contributed by atoms with Gasteiger partial charge in [0.1, 0.15) is 35.2 Å². The van der Waals surface area contributed by atoms with Gasteiger partial charge in [-0.2, -0.15) is 0 Å². The number of methoxy groups -OCH3 is 2. The molecule has 6 N–H and O–H groups in total. The third-order valence-corrected chi connectivity index (χ3v) is 13.0. The molecule has 4 atom stereocenters. The van der Waals surface area contributed by atoms with Crippen molar-refractivity contribution in [3.63, 3.8) is 0 Å². The molecule has 2 spiro atoms. The highest BCUT2D eigenvalue weighted by molar-refractivity contribution is 9.10. The van der Waals surface area contributed by atoms with Crippen LogP contribution in [0.2, 0.25) is 0 Å². The maximum absolute atomic E-state index is 13.5. The van der Waals surface area contributed by atoms with Crippen LogP contribution in [-0.2, 0) is 20.7 Å². The van der Waals surface area contributed by atoms with E-state index in [1.165, 1.54) is 15.9 Å². The lowest BCUT2D eigenvalue weighted by Crippen LogP contribution is -2.43. The van der Waals surface area contributed by atoms with E-state index in [1.54, 1.807) is 52.6 Å². The number of benzene rings is 6. The maximum atomic E-state index is 13.5. The molecule has 70 heavy (non-hydrogen) atoms. The molecule has 2 amide bonds. The quantitative estimate of drug-likeness (QED) is 0.0969. The minimum absolute atomic E-state index is 0.148. The number of likely N-dealkylation sites (N-methyl/N-ethyl adjacent to an activating group) is 2. The SMILES string of the molecule is COc1cccc(C2CC3(N=C(N)N(C)C3=O)c3cc(Br)ccc3O2)c1.[C-]#[N+]c1cccc(-c2ccc3c(c2)C2(CC(c4cccc(OC)c4)O3)N=C(N)N(C)C2=O)c1.[C-]#[N+]c1cccc(B(O)O)c1. The van der Waals surface area contributed by atoms with Crippen molar-refractivity contribution in [2.45, 2.75) is 36.1 Å². The largest absolute Gasteiger partial charge is 0.497 e. The third-order valence-electron chi connectivity index (χ3n) is 12.5. The number of hydrogen-bond acceptors (Lipinski definition) is 12. The van der Waals surface area contributed by atoms with E-state index in [0.717, 1.165) is 38.0 Å². The number of ether oxygens (including phenoxy) is 4. The van der Waals surface area contributed by atoms with Crippen molar-refractivity contribution in [2.75, 3.05) is 28.3 Å². The first-order valence-electron chi connectivity index (χ1n) is 21.8. The fourth-order valence-electron chi connectivity index (χ4n) is 8.79. The summed E-state index contributed by atoms with van der Waals surface area (Å²) in [5.74, 6) is 2.72. The van der Waals surface area contributed by atoms with Gasteiger partial charge in [0.05, 0.1) is 27.4 Å². The molecule has 0 fully saturated rings. The summed E-state index contributed by atoms with van der Waals surface area (Å²) in [6, 6.07) is 40.2. The highest BCUT2D eigenvalue weighted by Gasteiger charge is 2.55. The van der Waals surface area contributed by atoms with Gasteiger partial charge in [0.2, 0.25) is 0 Å². The highest BCUT2D eigenvalue weighted by Crippen LogP contribution is 2.52. The second-order valence-electron chi connectivity index (χ2n) is 16.7. The molecule has 4 heterocycles. The van der Waals surface area contributed by atoms with E-state index in [1.807, 2.05) is 103 Å². The fraction of sp³-hybridized carbons (Fsp3) is 0.192. The smallest absolute Gasteiger partial charge is 0.487 e. The topological polar surface area (TPSA) is 203 Å². The molecule has 6 aromatic carbocycles. The Morgan fingerprint density at radius 3 is 1.61 bits per heavy atom. The number of guanidine groups is 2. The van der Waals surface area contributed by atoms with Gasteiger partial charge in [-0.05, 0) is 88.4 Å². The normalized spacial score (nSPS) is 20.4. The van der Waals surface area contributed by atoms with E-state index in [4.69, 9.17) is 53.6 Å². The Morgan fingerprint density at radius 2 is 1.13 bits per heavy atom. The summed E-state index contributed by atoms with van der Waals surface area (Å²) in [5, 5.41) is 17.4. The van der Waals surface area contributed by atoms with Gasteiger partial charge in [-0.3, -0.25) is 19.4 Å². The van der Waals surface area contributed by atoms with Crippen molar-refractivity contribution in [2.24, 2.45) is 21.5 Å². The lowest BCUT2D eigenvalue weighted by atomic mass is 9.79. The van der Waals surface area contributed by atoms with Crippen LogP contribution < -0.4 is 35.9 Å². The monoisotopic (exact) mass is 1000 g/mol. The number of nitrogens with zero attached hydrogens (tertiary/aromatic N) is 6. The van der Waals surface area contributed by atoms with Crippen LogP contribution in [-0.4, -0.2) is 79.0 Å². The molecule has 18 heteroatoms. The van der Waals surface area contributed by atoms with Crippen LogP contribution in [0.15, 0.2) is 148 Å². The van der Waals surface area contributed by atoms with Crippen molar-refractivity contribution >= 4 is 63.6 Å².